The minimum absolute atomic E-state index is 0. The van der Waals surface area contributed by atoms with Crippen LogP contribution in [-0.4, -0.2) is 14.2 Å². The van der Waals surface area contributed by atoms with Crippen LogP contribution < -0.4 is 9.47 Å². The van der Waals surface area contributed by atoms with Gasteiger partial charge in [0.25, 0.3) is 0 Å². The van der Waals surface area contributed by atoms with Gasteiger partial charge < -0.3 is 29.7 Å². The molecule has 2 fully saturated rings. The first-order valence-corrected chi connectivity index (χ1v) is 18.4. The van der Waals surface area contributed by atoms with E-state index in [0.717, 1.165) is 29.8 Å². The summed E-state index contributed by atoms with van der Waals surface area (Å²) in [6, 6.07) is 39.8. The van der Waals surface area contributed by atoms with E-state index in [1.54, 1.807) is 25.3 Å². The van der Waals surface area contributed by atoms with E-state index in [1.165, 1.54) is 108 Å². The molecule has 0 heterocycles. The molecule has 2 nitrogen and oxygen atoms in total. The largest absolute Gasteiger partial charge is 4.00 e. The molecule has 0 aliphatic heterocycles. The van der Waals surface area contributed by atoms with Gasteiger partial charge in [-0.25, -0.2) is 0 Å². The monoisotopic (exact) mass is 900 g/mol. The molecule has 0 aromatic heterocycles. The summed E-state index contributed by atoms with van der Waals surface area (Å²) in [5.74, 6) is 3.34. The number of rotatable bonds is 6. The van der Waals surface area contributed by atoms with Gasteiger partial charge in [0.2, 0.25) is 0 Å². The number of halogens is 2. The van der Waals surface area contributed by atoms with Gasteiger partial charge in [0.1, 0.15) is 11.5 Å². The standard InChI is InChI=1S/2C22H23O.C3H6.2ClH.Hf/c2*1-23-20-12-10-17(11-13-20)21-9-5-8-18-14-19(15-22(18)21)16-6-3-2-4-7-16;1-3-2;;;/h2*5,8-16H,2-4,6-7H2,1H3;1-3H2;2*1H;/q2*-1;-2;;;+4. The van der Waals surface area contributed by atoms with E-state index in [9.17, 15) is 0 Å². The van der Waals surface area contributed by atoms with Crippen molar-refractivity contribution in [1.82, 2.24) is 0 Å². The van der Waals surface area contributed by atoms with Crippen molar-refractivity contribution < 1.29 is 35.3 Å². The summed E-state index contributed by atoms with van der Waals surface area (Å²) in [6.45, 7) is 6.75. The number of benzene rings is 4. The van der Waals surface area contributed by atoms with E-state index in [1.807, 2.05) is 24.3 Å². The van der Waals surface area contributed by atoms with E-state index in [-0.39, 0.29) is 50.7 Å². The Morgan fingerprint density at radius 3 is 1.21 bits per heavy atom. The van der Waals surface area contributed by atoms with Gasteiger partial charge in [0.05, 0.1) is 14.2 Å². The second-order valence-corrected chi connectivity index (χ2v) is 13.7. The van der Waals surface area contributed by atoms with Gasteiger partial charge in [-0.2, -0.15) is 12.1 Å². The smallest absolute Gasteiger partial charge is 0.497 e. The number of methoxy groups -OCH3 is 2. The van der Waals surface area contributed by atoms with Gasteiger partial charge in [0.15, 0.2) is 0 Å². The second kappa shape index (κ2) is 21.8. The van der Waals surface area contributed by atoms with Crippen LogP contribution >= 0.6 is 24.8 Å². The van der Waals surface area contributed by atoms with E-state index in [0.29, 0.717) is 0 Å². The van der Waals surface area contributed by atoms with Crippen molar-refractivity contribution in [2.24, 2.45) is 0 Å². The first-order valence-electron chi connectivity index (χ1n) is 18.4. The maximum Gasteiger partial charge on any atom is 4.00 e. The van der Waals surface area contributed by atoms with Crippen molar-refractivity contribution >= 4 is 46.4 Å². The molecule has 0 radical (unpaired) electrons. The number of hydrogen-bond acceptors (Lipinski definition) is 2. The van der Waals surface area contributed by atoms with Crippen molar-refractivity contribution in [3.8, 4) is 33.8 Å². The minimum Gasteiger partial charge on any atom is -0.497 e. The molecule has 0 spiro atoms. The summed E-state index contributed by atoms with van der Waals surface area (Å²) >= 11 is 0. The summed E-state index contributed by atoms with van der Waals surface area (Å²) < 4.78 is 10.6. The molecule has 272 valence electrons. The van der Waals surface area contributed by atoms with Gasteiger partial charge in [0, 0.05) is 0 Å². The van der Waals surface area contributed by atoms with E-state index in [2.05, 4.69) is 98.8 Å². The average molecular weight is 900 g/mol. The van der Waals surface area contributed by atoms with Crippen LogP contribution in [0.3, 0.4) is 0 Å². The maximum absolute atomic E-state index is 5.28. The van der Waals surface area contributed by atoms with Gasteiger partial charge in [-0.1, -0.05) is 86.1 Å². The molecule has 0 unspecified atom stereocenters. The number of fused-ring (bicyclic) bond motifs is 2. The van der Waals surface area contributed by atoms with Gasteiger partial charge in [-0.15, -0.1) is 93.9 Å². The molecule has 52 heavy (non-hydrogen) atoms. The Bertz CT molecular complexity index is 1750. The quantitative estimate of drug-likeness (QED) is 0.122. The van der Waals surface area contributed by atoms with Crippen LogP contribution in [0.2, 0.25) is 0 Å². The van der Waals surface area contributed by atoms with Crippen LogP contribution in [0, 0.1) is 13.8 Å². The van der Waals surface area contributed by atoms with Crippen LogP contribution in [0.5, 0.6) is 11.5 Å². The topological polar surface area (TPSA) is 18.5 Å². The molecule has 6 aromatic carbocycles. The Hall–Kier alpha value is -2.85. The Balaban J connectivity index is 0.000000248. The third-order valence-corrected chi connectivity index (χ3v) is 10.5. The van der Waals surface area contributed by atoms with Crippen LogP contribution in [-0.2, 0) is 25.8 Å². The molecule has 2 aliphatic carbocycles. The van der Waals surface area contributed by atoms with Crippen molar-refractivity contribution in [3.05, 3.63) is 134 Å². The minimum atomic E-state index is 0. The molecule has 8 rings (SSSR count). The number of hydrogen-bond donors (Lipinski definition) is 0. The predicted molar refractivity (Wildman–Crippen MR) is 225 cm³/mol. The van der Waals surface area contributed by atoms with Crippen LogP contribution in [0.4, 0.5) is 0 Å². The van der Waals surface area contributed by atoms with Crippen molar-refractivity contribution in [2.75, 3.05) is 14.2 Å². The fourth-order valence-corrected chi connectivity index (χ4v) is 7.90. The summed E-state index contributed by atoms with van der Waals surface area (Å²) in [5.41, 5.74) is 8.26. The molecule has 2 aliphatic rings. The van der Waals surface area contributed by atoms with Crippen molar-refractivity contribution in [1.29, 1.82) is 0 Å². The van der Waals surface area contributed by atoms with Gasteiger partial charge in [-0.3, -0.25) is 0 Å². The fraction of sp³-hybridized carbons (Fsp3) is 0.319. The molecule has 0 amide bonds. The van der Waals surface area contributed by atoms with Crippen LogP contribution in [0.25, 0.3) is 43.8 Å². The summed E-state index contributed by atoms with van der Waals surface area (Å²) in [4.78, 5) is 0. The van der Waals surface area contributed by atoms with E-state index >= 15 is 0 Å². The molecule has 0 bridgehead atoms. The molecule has 2 saturated carbocycles. The van der Waals surface area contributed by atoms with Crippen molar-refractivity contribution in [3.63, 3.8) is 0 Å². The zero-order chi connectivity index (χ0) is 34.0. The van der Waals surface area contributed by atoms with E-state index < -0.39 is 0 Å². The average Bonchev–Trinajstić information content (AvgIpc) is 3.82. The zero-order valence-electron chi connectivity index (χ0n) is 30.9. The SMILES string of the molecule is COc1ccc(-c2cccc3[cH-]c(C4CCCCC4)cc23)cc1.COc1ccc(-c2cccc3[cH-]c(C4CCCCC4)cc23)cc1.Cl.Cl.[CH2-]C[CH2-].[Hf+4]. The van der Waals surface area contributed by atoms with Gasteiger partial charge in [-0.05, 0) is 72.9 Å². The third kappa shape index (κ3) is 10.6. The molecular formula is C47H54Cl2HfO2. The summed E-state index contributed by atoms with van der Waals surface area (Å²) in [5, 5.41) is 5.52. The molecule has 0 atom stereocenters. The molecule has 5 heteroatoms. The number of ether oxygens (including phenoxy) is 2. The Morgan fingerprint density at radius 2 is 0.885 bits per heavy atom. The first-order chi connectivity index (χ1) is 24.1. The Morgan fingerprint density at radius 1 is 0.538 bits per heavy atom. The summed E-state index contributed by atoms with van der Waals surface area (Å²) in [7, 11) is 3.42. The Kier molecular flexibility index (Phi) is 18.2. The molecule has 6 aromatic rings. The molecular weight excluding hydrogens is 846 g/mol. The molecule has 0 saturated heterocycles. The first kappa shape index (κ1) is 43.6. The zero-order valence-corrected chi connectivity index (χ0v) is 36.1. The van der Waals surface area contributed by atoms with Crippen LogP contribution in [0.15, 0.2) is 109 Å². The second-order valence-electron chi connectivity index (χ2n) is 13.7. The van der Waals surface area contributed by atoms with Crippen LogP contribution in [0.1, 0.15) is 93.6 Å². The van der Waals surface area contributed by atoms with Crippen molar-refractivity contribution in [2.45, 2.75) is 82.5 Å². The third-order valence-electron chi connectivity index (χ3n) is 10.5. The molecule has 0 N–H and O–H groups in total. The van der Waals surface area contributed by atoms with E-state index in [4.69, 9.17) is 9.47 Å². The summed E-state index contributed by atoms with van der Waals surface area (Å²) in [6.07, 6.45) is 14.5. The maximum atomic E-state index is 5.28. The predicted octanol–water partition coefficient (Wildman–Crippen LogP) is 14.4. The fourth-order valence-electron chi connectivity index (χ4n) is 7.90. The normalized spacial score (nSPS) is 14.4. The Labute approximate surface area is 344 Å². The van der Waals surface area contributed by atoms with Gasteiger partial charge >= 0.3 is 25.8 Å².